The molecule has 1 amide bonds. The lowest BCUT2D eigenvalue weighted by Crippen LogP contribution is -2.59. The highest BCUT2D eigenvalue weighted by molar-refractivity contribution is 6.34. The lowest BCUT2D eigenvalue weighted by Gasteiger charge is -2.45. The Kier molecular flexibility index (Phi) is 5.18. The molecule has 2 fully saturated rings. The number of amides is 1. The molecular formula is C17H28ClN5O. The van der Waals surface area contributed by atoms with Crippen molar-refractivity contribution in [3.8, 4) is 0 Å². The van der Waals surface area contributed by atoms with E-state index >= 15 is 0 Å². The van der Waals surface area contributed by atoms with Crippen molar-refractivity contribution in [3.05, 3.63) is 16.4 Å². The zero-order valence-electron chi connectivity index (χ0n) is 14.9. The lowest BCUT2D eigenvalue weighted by molar-refractivity contribution is 0.0414. The Morgan fingerprint density at radius 2 is 1.83 bits per heavy atom. The van der Waals surface area contributed by atoms with Crippen molar-refractivity contribution >= 4 is 17.5 Å². The summed E-state index contributed by atoms with van der Waals surface area (Å²) in [6.07, 6.45) is 4.80. The maximum atomic E-state index is 12.6. The van der Waals surface area contributed by atoms with Gasteiger partial charge in [0.2, 0.25) is 0 Å². The highest BCUT2D eigenvalue weighted by atomic mass is 35.5. The molecule has 1 aromatic heterocycles. The number of hydrogen-bond donors (Lipinski definition) is 1. The van der Waals surface area contributed by atoms with Crippen molar-refractivity contribution in [1.29, 1.82) is 0 Å². The van der Waals surface area contributed by atoms with Crippen LogP contribution in [0.2, 0.25) is 5.02 Å². The number of carbonyl (C=O) groups is 1. The van der Waals surface area contributed by atoms with Crippen LogP contribution in [0.3, 0.4) is 0 Å². The first kappa shape index (κ1) is 17.7. The maximum Gasteiger partial charge on any atom is 0.273 e. The van der Waals surface area contributed by atoms with Gasteiger partial charge in [0, 0.05) is 45.3 Å². The van der Waals surface area contributed by atoms with Gasteiger partial charge in [-0.25, -0.2) is 0 Å². The van der Waals surface area contributed by atoms with Crippen LogP contribution in [0.1, 0.15) is 41.9 Å². The van der Waals surface area contributed by atoms with Crippen LogP contribution in [0, 0.1) is 6.92 Å². The van der Waals surface area contributed by atoms with E-state index in [1.165, 1.54) is 12.8 Å². The Morgan fingerprint density at radius 3 is 2.38 bits per heavy atom. The number of carbonyl (C=O) groups excluding carboxylic acids is 1. The molecule has 1 saturated heterocycles. The first-order chi connectivity index (χ1) is 11.4. The summed E-state index contributed by atoms with van der Waals surface area (Å²) in [6.45, 7) is 6.91. The standard InChI is InChI=1S/C17H28ClN5O/c1-13-14(18)15(20-22(13)3)16(24)19-12-17(6-4-5-7-17)23-10-8-21(2)9-11-23/h4-12H2,1-3H3,(H,19,24). The fraction of sp³-hybridized carbons (Fsp3) is 0.765. The number of nitrogens with zero attached hydrogens (tertiary/aromatic N) is 4. The van der Waals surface area contributed by atoms with Crippen LogP contribution in [0.25, 0.3) is 0 Å². The van der Waals surface area contributed by atoms with Crippen LogP contribution in [-0.4, -0.2) is 70.8 Å². The minimum absolute atomic E-state index is 0.104. The van der Waals surface area contributed by atoms with Gasteiger partial charge in [0.25, 0.3) is 5.91 Å². The van der Waals surface area contributed by atoms with Crippen LogP contribution in [0.15, 0.2) is 0 Å². The molecule has 3 rings (SSSR count). The summed E-state index contributed by atoms with van der Waals surface area (Å²) in [7, 11) is 3.98. The number of piperazine rings is 1. The summed E-state index contributed by atoms with van der Waals surface area (Å²) in [5, 5.41) is 7.82. The molecule has 0 bridgehead atoms. The zero-order chi connectivity index (χ0) is 17.3. The average Bonchev–Trinajstić information content (AvgIpc) is 3.15. The van der Waals surface area contributed by atoms with Crippen LogP contribution < -0.4 is 5.32 Å². The molecule has 7 heteroatoms. The molecule has 0 spiro atoms. The third-order valence-electron chi connectivity index (χ3n) is 5.76. The third kappa shape index (κ3) is 3.32. The van der Waals surface area contributed by atoms with Gasteiger partial charge in [-0.3, -0.25) is 14.4 Å². The van der Waals surface area contributed by atoms with Crippen LogP contribution >= 0.6 is 11.6 Å². The van der Waals surface area contributed by atoms with Crippen LogP contribution in [0.4, 0.5) is 0 Å². The molecular weight excluding hydrogens is 326 g/mol. The highest BCUT2D eigenvalue weighted by Crippen LogP contribution is 2.35. The Hall–Kier alpha value is -1.11. The molecule has 1 aliphatic carbocycles. The van der Waals surface area contributed by atoms with Crippen molar-refractivity contribution in [2.24, 2.45) is 7.05 Å². The Morgan fingerprint density at radius 1 is 1.21 bits per heavy atom. The SMILES string of the molecule is Cc1c(Cl)c(C(=O)NCC2(N3CCN(C)CC3)CCCC2)nn1C. The van der Waals surface area contributed by atoms with Gasteiger partial charge < -0.3 is 10.2 Å². The van der Waals surface area contributed by atoms with Crippen LogP contribution in [0.5, 0.6) is 0 Å². The van der Waals surface area contributed by atoms with Gasteiger partial charge >= 0.3 is 0 Å². The van der Waals surface area contributed by atoms with Gasteiger partial charge in [0.15, 0.2) is 5.69 Å². The molecule has 0 atom stereocenters. The second-order valence-corrected chi connectivity index (χ2v) is 7.65. The van der Waals surface area contributed by atoms with E-state index in [0.29, 0.717) is 17.3 Å². The summed E-state index contributed by atoms with van der Waals surface area (Å²) in [5.41, 5.74) is 1.26. The third-order valence-corrected chi connectivity index (χ3v) is 6.21. The van der Waals surface area contributed by atoms with Gasteiger partial charge in [0.1, 0.15) is 0 Å². The second kappa shape index (κ2) is 7.02. The van der Waals surface area contributed by atoms with Crippen molar-refractivity contribution in [2.45, 2.75) is 38.1 Å². The number of hydrogen-bond acceptors (Lipinski definition) is 4. The smallest absolute Gasteiger partial charge is 0.273 e. The molecule has 1 N–H and O–H groups in total. The molecule has 134 valence electrons. The summed E-state index contributed by atoms with van der Waals surface area (Å²) >= 11 is 6.24. The van der Waals surface area contributed by atoms with E-state index in [-0.39, 0.29) is 11.4 Å². The summed E-state index contributed by atoms with van der Waals surface area (Å²) in [5.74, 6) is -0.163. The molecule has 0 aromatic carbocycles. The summed E-state index contributed by atoms with van der Waals surface area (Å²) < 4.78 is 1.66. The minimum Gasteiger partial charge on any atom is -0.349 e. The summed E-state index contributed by atoms with van der Waals surface area (Å²) in [4.78, 5) is 17.5. The first-order valence-corrected chi connectivity index (χ1v) is 9.22. The molecule has 24 heavy (non-hydrogen) atoms. The van der Waals surface area contributed by atoms with Gasteiger partial charge in [-0.1, -0.05) is 24.4 Å². The fourth-order valence-electron chi connectivity index (χ4n) is 3.97. The number of rotatable bonds is 4. The predicted octanol–water partition coefficient (Wildman–Crippen LogP) is 1.67. The minimum atomic E-state index is -0.163. The van der Waals surface area contributed by atoms with Gasteiger partial charge in [-0.15, -0.1) is 0 Å². The van der Waals surface area contributed by atoms with Gasteiger partial charge in [-0.05, 0) is 26.8 Å². The largest absolute Gasteiger partial charge is 0.349 e. The van der Waals surface area contributed by atoms with Crippen molar-refractivity contribution < 1.29 is 4.79 Å². The number of aryl methyl sites for hydroxylation is 1. The van der Waals surface area contributed by atoms with Gasteiger partial charge in [-0.2, -0.15) is 5.10 Å². The van der Waals surface area contributed by atoms with Crippen LogP contribution in [-0.2, 0) is 7.05 Å². The van der Waals surface area contributed by atoms with E-state index in [1.54, 1.807) is 11.7 Å². The molecule has 1 aliphatic heterocycles. The summed E-state index contributed by atoms with van der Waals surface area (Å²) in [6, 6.07) is 0. The van der Waals surface area contributed by atoms with E-state index in [1.807, 2.05) is 6.92 Å². The lowest BCUT2D eigenvalue weighted by atomic mass is 9.93. The topological polar surface area (TPSA) is 53.4 Å². The second-order valence-electron chi connectivity index (χ2n) is 7.28. The van der Waals surface area contributed by atoms with Crippen molar-refractivity contribution in [1.82, 2.24) is 24.9 Å². The maximum absolute atomic E-state index is 12.6. The number of aromatic nitrogens is 2. The molecule has 1 saturated carbocycles. The fourth-order valence-corrected chi connectivity index (χ4v) is 4.22. The number of nitrogens with one attached hydrogen (secondary N) is 1. The average molecular weight is 354 g/mol. The quantitative estimate of drug-likeness (QED) is 0.894. The number of halogens is 1. The Balaban J connectivity index is 1.68. The first-order valence-electron chi connectivity index (χ1n) is 8.84. The van der Waals surface area contributed by atoms with E-state index < -0.39 is 0 Å². The van der Waals surface area contributed by atoms with Gasteiger partial charge in [0.05, 0.1) is 10.7 Å². The highest BCUT2D eigenvalue weighted by Gasteiger charge is 2.40. The van der Waals surface area contributed by atoms with Crippen molar-refractivity contribution in [3.63, 3.8) is 0 Å². The predicted molar refractivity (Wildman–Crippen MR) is 95.6 cm³/mol. The Bertz CT molecular complexity index is 600. The van der Waals surface area contributed by atoms with E-state index in [4.69, 9.17) is 11.6 Å². The Labute approximate surface area is 149 Å². The zero-order valence-corrected chi connectivity index (χ0v) is 15.7. The molecule has 0 unspecified atom stereocenters. The molecule has 1 aromatic rings. The van der Waals surface area contributed by atoms with E-state index in [9.17, 15) is 4.79 Å². The van der Waals surface area contributed by atoms with Crippen molar-refractivity contribution in [2.75, 3.05) is 39.8 Å². The molecule has 0 radical (unpaired) electrons. The number of likely N-dealkylation sites (N-methyl/N-ethyl adjacent to an activating group) is 1. The molecule has 2 heterocycles. The molecule has 2 aliphatic rings. The van der Waals surface area contributed by atoms with E-state index in [2.05, 4.69) is 27.3 Å². The molecule has 6 nitrogen and oxygen atoms in total. The van der Waals surface area contributed by atoms with E-state index in [0.717, 1.165) is 44.7 Å². The monoisotopic (exact) mass is 353 g/mol. The normalized spacial score (nSPS) is 22.0.